The lowest BCUT2D eigenvalue weighted by atomic mass is 10.1. The van der Waals surface area contributed by atoms with Gasteiger partial charge in [0.25, 0.3) is 5.91 Å². The normalized spacial score (nSPS) is 13.5. The number of benzene rings is 2. The van der Waals surface area contributed by atoms with Crippen molar-refractivity contribution in [3.8, 4) is 0 Å². The van der Waals surface area contributed by atoms with Gasteiger partial charge in [0.2, 0.25) is 0 Å². The zero-order valence-corrected chi connectivity index (χ0v) is 17.3. The van der Waals surface area contributed by atoms with Crippen LogP contribution in [0.25, 0.3) is 0 Å². The van der Waals surface area contributed by atoms with Gasteiger partial charge in [0.05, 0.1) is 17.7 Å². The van der Waals surface area contributed by atoms with Gasteiger partial charge in [-0.1, -0.05) is 36.4 Å². The molecule has 0 saturated heterocycles. The number of aldehydes is 1. The first-order chi connectivity index (χ1) is 15.3. The van der Waals surface area contributed by atoms with Crippen LogP contribution in [-0.4, -0.2) is 35.6 Å². The molecule has 2 heterocycles. The third kappa shape index (κ3) is 4.03. The van der Waals surface area contributed by atoms with Crippen molar-refractivity contribution in [2.45, 2.75) is 25.7 Å². The number of aromatic nitrogens is 2. The fraction of sp³-hybridized carbons (Fsp3) is 0.261. The van der Waals surface area contributed by atoms with Crippen LogP contribution in [0.4, 0.5) is 19.0 Å². The quantitative estimate of drug-likeness (QED) is 0.612. The maximum absolute atomic E-state index is 13.5. The van der Waals surface area contributed by atoms with Crippen LogP contribution in [0.15, 0.2) is 48.5 Å². The van der Waals surface area contributed by atoms with Gasteiger partial charge in [0, 0.05) is 43.4 Å². The average molecular weight is 442 g/mol. The Bertz CT molecular complexity index is 1170. The molecule has 0 saturated carbocycles. The van der Waals surface area contributed by atoms with Gasteiger partial charge in [-0.05, 0) is 17.7 Å². The fourth-order valence-corrected chi connectivity index (χ4v) is 3.97. The van der Waals surface area contributed by atoms with Gasteiger partial charge in [-0.25, -0.2) is 0 Å². The summed E-state index contributed by atoms with van der Waals surface area (Å²) >= 11 is 0. The van der Waals surface area contributed by atoms with Crippen LogP contribution in [0.5, 0.6) is 0 Å². The number of nitrogens with zero attached hydrogens (tertiary/aromatic N) is 3. The highest BCUT2D eigenvalue weighted by molar-refractivity contribution is 6.09. The number of amides is 1. The molecular weight excluding hydrogens is 421 g/mol. The molecule has 4 rings (SSSR count). The number of carbonyl (C=O) groups excluding carboxylic acids is 2. The molecule has 1 aliphatic rings. The molecule has 0 spiro atoms. The van der Waals surface area contributed by atoms with Crippen LogP contribution < -0.4 is 10.2 Å². The molecule has 0 aliphatic carbocycles. The molecule has 166 valence electrons. The topological polar surface area (TPSA) is 67.2 Å². The molecule has 1 N–H and O–H groups in total. The molecule has 0 unspecified atom stereocenters. The molecule has 0 atom stereocenters. The molecule has 32 heavy (non-hydrogen) atoms. The average Bonchev–Trinajstić information content (AvgIpc) is 3.16. The van der Waals surface area contributed by atoms with Crippen molar-refractivity contribution in [3.63, 3.8) is 0 Å². The summed E-state index contributed by atoms with van der Waals surface area (Å²) in [4.78, 5) is 25.8. The second-order valence-corrected chi connectivity index (χ2v) is 7.56. The van der Waals surface area contributed by atoms with Crippen LogP contribution in [0, 0.1) is 0 Å². The highest BCUT2D eigenvalue weighted by atomic mass is 19.4. The van der Waals surface area contributed by atoms with Crippen LogP contribution in [0.1, 0.15) is 43.1 Å². The summed E-state index contributed by atoms with van der Waals surface area (Å²) in [5.41, 5.74) is 1.45. The SMILES string of the molecule is CN(C(=O)c1ccccc1C=O)c1nn(Cc2ccccc2C(F)(F)F)c2c1CNCC2. The largest absolute Gasteiger partial charge is 0.416 e. The van der Waals surface area contributed by atoms with E-state index in [2.05, 4.69) is 10.4 Å². The van der Waals surface area contributed by atoms with Crippen LogP contribution in [0.3, 0.4) is 0 Å². The van der Waals surface area contributed by atoms with Gasteiger partial charge in [-0.2, -0.15) is 18.3 Å². The number of nitrogens with one attached hydrogen (secondary N) is 1. The first-order valence-electron chi connectivity index (χ1n) is 10.1. The van der Waals surface area contributed by atoms with Crippen LogP contribution >= 0.6 is 0 Å². The van der Waals surface area contributed by atoms with Crippen molar-refractivity contribution >= 4 is 18.0 Å². The summed E-state index contributed by atoms with van der Waals surface area (Å²) < 4.78 is 41.9. The Morgan fingerprint density at radius 1 is 1.19 bits per heavy atom. The van der Waals surface area contributed by atoms with E-state index >= 15 is 0 Å². The smallest absolute Gasteiger partial charge is 0.312 e. The number of fused-ring (bicyclic) bond motifs is 1. The van der Waals surface area contributed by atoms with Crippen molar-refractivity contribution in [3.05, 3.63) is 82.0 Å². The Morgan fingerprint density at radius 2 is 1.91 bits per heavy atom. The molecule has 2 aromatic carbocycles. The monoisotopic (exact) mass is 442 g/mol. The molecule has 0 fully saturated rings. The number of halogens is 3. The zero-order valence-electron chi connectivity index (χ0n) is 17.3. The predicted molar refractivity (Wildman–Crippen MR) is 113 cm³/mol. The molecule has 1 amide bonds. The van der Waals surface area contributed by atoms with E-state index in [-0.39, 0.29) is 23.2 Å². The Hall–Kier alpha value is -3.46. The molecule has 1 aromatic heterocycles. The molecular formula is C23H21F3N4O2. The number of rotatable bonds is 5. The summed E-state index contributed by atoms with van der Waals surface area (Å²) in [6.07, 6.45) is -3.28. The highest BCUT2D eigenvalue weighted by Crippen LogP contribution is 2.33. The number of anilines is 1. The number of alkyl halides is 3. The Morgan fingerprint density at radius 3 is 2.66 bits per heavy atom. The van der Waals surface area contributed by atoms with E-state index in [1.54, 1.807) is 42.1 Å². The summed E-state index contributed by atoms with van der Waals surface area (Å²) in [6, 6.07) is 11.9. The van der Waals surface area contributed by atoms with Gasteiger partial charge in [-0.3, -0.25) is 19.2 Å². The van der Waals surface area contributed by atoms with E-state index in [0.717, 1.165) is 17.3 Å². The van der Waals surface area contributed by atoms with Crippen LogP contribution in [-0.2, 0) is 25.7 Å². The van der Waals surface area contributed by atoms with Gasteiger partial charge in [0.15, 0.2) is 12.1 Å². The van der Waals surface area contributed by atoms with Gasteiger partial charge in [0.1, 0.15) is 0 Å². The predicted octanol–water partition coefficient (Wildman–Crippen LogP) is 3.69. The first kappa shape index (κ1) is 21.8. The van der Waals surface area contributed by atoms with Crippen molar-refractivity contribution < 1.29 is 22.8 Å². The summed E-state index contributed by atoms with van der Waals surface area (Å²) in [6.45, 7) is 1.04. The lowest BCUT2D eigenvalue weighted by Crippen LogP contribution is -2.30. The zero-order chi connectivity index (χ0) is 22.9. The molecule has 0 bridgehead atoms. The minimum atomic E-state index is -4.47. The van der Waals surface area contributed by atoms with E-state index in [0.29, 0.717) is 31.6 Å². The Balaban J connectivity index is 1.73. The van der Waals surface area contributed by atoms with E-state index in [4.69, 9.17) is 0 Å². The minimum Gasteiger partial charge on any atom is -0.312 e. The number of carbonyl (C=O) groups is 2. The van der Waals surface area contributed by atoms with Crippen molar-refractivity contribution in [2.75, 3.05) is 18.5 Å². The second kappa shape index (κ2) is 8.58. The third-order valence-electron chi connectivity index (χ3n) is 5.57. The molecule has 1 aliphatic heterocycles. The highest BCUT2D eigenvalue weighted by Gasteiger charge is 2.34. The van der Waals surface area contributed by atoms with Crippen molar-refractivity contribution in [1.82, 2.24) is 15.1 Å². The number of hydrogen-bond donors (Lipinski definition) is 1. The van der Waals surface area contributed by atoms with E-state index < -0.39 is 17.6 Å². The Kier molecular flexibility index (Phi) is 5.84. The maximum Gasteiger partial charge on any atom is 0.416 e. The van der Waals surface area contributed by atoms with Crippen molar-refractivity contribution in [2.24, 2.45) is 0 Å². The minimum absolute atomic E-state index is 0.0645. The molecule has 0 radical (unpaired) electrons. The second-order valence-electron chi connectivity index (χ2n) is 7.56. The van der Waals surface area contributed by atoms with Gasteiger partial charge >= 0.3 is 6.18 Å². The molecule has 9 heteroatoms. The third-order valence-corrected chi connectivity index (χ3v) is 5.57. The number of hydrogen-bond acceptors (Lipinski definition) is 4. The van der Waals surface area contributed by atoms with E-state index in [1.807, 2.05) is 0 Å². The van der Waals surface area contributed by atoms with E-state index in [1.165, 1.54) is 17.0 Å². The van der Waals surface area contributed by atoms with Crippen molar-refractivity contribution in [1.29, 1.82) is 0 Å². The summed E-state index contributed by atoms with van der Waals surface area (Å²) in [7, 11) is 1.55. The van der Waals surface area contributed by atoms with Gasteiger partial charge in [-0.15, -0.1) is 0 Å². The summed E-state index contributed by atoms with van der Waals surface area (Å²) in [5, 5.41) is 7.76. The molecule has 6 nitrogen and oxygen atoms in total. The molecule has 3 aromatic rings. The van der Waals surface area contributed by atoms with Gasteiger partial charge < -0.3 is 5.32 Å². The lowest BCUT2D eigenvalue weighted by molar-refractivity contribution is -0.138. The lowest BCUT2D eigenvalue weighted by Gasteiger charge is -2.20. The maximum atomic E-state index is 13.5. The standard InChI is InChI=1S/C23H21F3N4O2/c1-29(22(32)17-8-4-2-7-16(17)14-31)21-18-12-27-11-10-20(18)30(28-21)13-15-6-3-5-9-19(15)23(24,25)26/h2-9,14,27H,10-13H2,1H3. The van der Waals surface area contributed by atoms with E-state index in [9.17, 15) is 22.8 Å². The van der Waals surface area contributed by atoms with Crippen LogP contribution in [0.2, 0.25) is 0 Å². The fourth-order valence-electron chi connectivity index (χ4n) is 3.97. The Labute approximate surface area is 182 Å². The summed E-state index contributed by atoms with van der Waals surface area (Å²) in [5.74, 6) is -0.0520. The first-order valence-corrected chi connectivity index (χ1v) is 10.1.